The van der Waals surface area contributed by atoms with Crippen molar-refractivity contribution < 1.29 is 57.8 Å². The molecule has 0 unspecified atom stereocenters. The summed E-state index contributed by atoms with van der Waals surface area (Å²) in [5, 5.41) is 0. The summed E-state index contributed by atoms with van der Waals surface area (Å²) in [5.74, 6) is -27.5. The van der Waals surface area contributed by atoms with Gasteiger partial charge in [-0.3, -0.25) is 0 Å². The van der Waals surface area contributed by atoms with Gasteiger partial charge in [-0.2, -0.15) is 48.3 Å². The van der Waals surface area contributed by atoms with Crippen LogP contribution in [0.15, 0.2) is 12.8 Å². The molecule has 150 valence electrons. The van der Waals surface area contributed by atoms with Crippen LogP contribution < -0.4 is 0 Å². The van der Waals surface area contributed by atoms with E-state index in [4.69, 9.17) is 0 Å². The average Bonchev–Trinajstić information content (AvgIpc) is 2.44. The lowest BCUT2D eigenvalue weighted by molar-refractivity contribution is -0.422. The number of alkyl halides is 11. The molecule has 0 aromatic rings. The van der Waals surface area contributed by atoms with E-state index in [2.05, 4.69) is 16.1 Å². The highest BCUT2D eigenvalue weighted by molar-refractivity contribution is 5.06. The van der Waals surface area contributed by atoms with E-state index in [1.54, 1.807) is 0 Å². The molecule has 0 saturated carbocycles. The van der Waals surface area contributed by atoms with E-state index < -0.39 is 49.3 Å². The van der Waals surface area contributed by atoms with E-state index in [0.717, 1.165) is 6.26 Å². The number of halogens is 11. The zero-order chi connectivity index (χ0) is 20.2. The van der Waals surface area contributed by atoms with E-state index in [1.165, 1.54) is 0 Å². The summed E-state index contributed by atoms with van der Waals surface area (Å²) in [5.41, 5.74) is 0. The van der Waals surface area contributed by atoms with E-state index in [9.17, 15) is 48.3 Å². The van der Waals surface area contributed by atoms with Crippen LogP contribution in [0.5, 0.6) is 0 Å². The van der Waals surface area contributed by atoms with Gasteiger partial charge in [0.25, 0.3) is 0 Å². The van der Waals surface area contributed by atoms with Crippen LogP contribution in [0.25, 0.3) is 0 Å². The zero-order valence-corrected chi connectivity index (χ0v) is 12.3. The van der Waals surface area contributed by atoms with Crippen LogP contribution in [0, 0.1) is 0 Å². The summed E-state index contributed by atoms with van der Waals surface area (Å²) in [6, 6.07) is 0. The number of hydrogen-bond donors (Lipinski definition) is 0. The molecule has 0 aliphatic heterocycles. The Bertz CT molecular complexity index is 431. The van der Waals surface area contributed by atoms with Gasteiger partial charge in [0.05, 0.1) is 12.9 Å². The standard InChI is InChI=1S/C12H13F11O2/c1-2-24-6-7-25-5-3-4-8(13,14)9(15,16)10(17,18)11(19,20)12(21,22)23/h2H,1,3-7H2. The number of rotatable bonds is 11. The molecule has 0 rings (SSSR count). The summed E-state index contributed by atoms with van der Waals surface area (Å²) >= 11 is 0. The molecule has 0 aliphatic carbocycles. The van der Waals surface area contributed by atoms with Crippen molar-refractivity contribution in [2.24, 2.45) is 0 Å². The maximum absolute atomic E-state index is 13.2. The third kappa shape index (κ3) is 4.88. The second-order valence-electron chi connectivity index (χ2n) is 4.68. The maximum Gasteiger partial charge on any atom is 0.460 e. The smallest absolute Gasteiger partial charge is 0.460 e. The van der Waals surface area contributed by atoms with Crippen molar-refractivity contribution in [1.82, 2.24) is 0 Å². The largest absolute Gasteiger partial charge is 0.499 e. The van der Waals surface area contributed by atoms with Gasteiger partial charge in [-0.25, -0.2) is 0 Å². The Morgan fingerprint density at radius 3 is 1.64 bits per heavy atom. The molecule has 25 heavy (non-hydrogen) atoms. The molecule has 0 radical (unpaired) electrons. The molecule has 0 spiro atoms. The maximum atomic E-state index is 13.2. The Morgan fingerprint density at radius 1 is 0.680 bits per heavy atom. The Labute approximate surface area is 134 Å². The monoisotopic (exact) mass is 398 g/mol. The fourth-order valence-corrected chi connectivity index (χ4v) is 1.45. The fourth-order valence-electron chi connectivity index (χ4n) is 1.45. The third-order valence-electron chi connectivity index (χ3n) is 2.85. The predicted octanol–water partition coefficient (Wildman–Crippen LogP) is 5.05. The molecule has 0 amide bonds. The van der Waals surface area contributed by atoms with Crippen LogP contribution in [0.1, 0.15) is 12.8 Å². The van der Waals surface area contributed by atoms with Gasteiger partial charge in [-0.15, -0.1) is 0 Å². The van der Waals surface area contributed by atoms with E-state index in [1.807, 2.05) is 0 Å². The molecule has 2 nitrogen and oxygen atoms in total. The lowest BCUT2D eigenvalue weighted by atomic mass is 9.95. The zero-order valence-electron chi connectivity index (χ0n) is 12.3. The average molecular weight is 398 g/mol. The second kappa shape index (κ2) is 7.96. The van der Waals surface area contributed by atoms with Crippen LogP contribution in [-0.2, 0) is 9.47 Å². The van der Waals surface area contributed by atoms with Crippen LogP contribution in [-0.4, -0.2) is 49.7 Å². The van der Waals surface area contributed by atoms with Crippen molar-refractivity contribution >= 4 is 0 Å². The van der Waals surface area contributed by atoms with E-state index in [-0.39, 0.29) is 13.2 Å². The van der Waals surface area contributed by atoms with Crippen LogP contribution >= 0.6 is 0 Å². The summed E-state index contributed by atoms with van der Waals surface area (Å²) in [7, 11) is 0. The van der Waals surface area contributed by atoms with Crippen molar-refractivity contribution in [3.05, 3.63) is 12.8 Å². The van der Waals surface area contributed by atoms with Gasteiger partial charge in [-0.05, 0) is 6.42 Å². The molecule has 13 heteroatoms. The highest BCUT2D eigenvalue weighted by Crippen LogP contribution is 2.58. The molecular weight excluding hydrogens is 385 g/mol. The van der Waals surface area contributed by atoms with Gasteiger partial charge in [0.2, 0.25) is 0 Å². The Kier molecular flexibility index (Phi) is 7.55. The fraction of sp³-hybridized carbons (Fsp3) is 0.833. The quantitative estimate of drug-likeness (QED) is 0.276. The van der Waals surface area contributed by atoms with Crippen molar-refractivity contribution in [3.63, 3.8) is 0 Å². The Hall–Kier alpha value is -1.27. The van der Waals surface area contributed by atoms with Gasteiger partial charge in [0.15, 0.2) is 0 Å². The first kappa shape index (κ1) is 23.7. The first-order valence-corrected chi connectivity index (χ1v) is 6.44. The third-order valence-corrected chi connectivity index (χ3v) is 2.85. The summed E-state index contributed by atoms with van der Waals surface area (Å²) in [6.45, 7) is 2.16. The number of ether oxygens (including phenoxy) is 2. The molecule has 0 atom stereocenters. The highest BCUT2D eigenvalue weighted by atomic mass is 19.4. The van der Waals surface area contributed by atoms with E-state index >= 15 is 0 Å². The number of hydrogen-bond acceptors (Lipinski definition) is 2. The van der Waals surface area contributed by atoms with Gasteiger partial charge in [-0.1, -0.05) is 6.58 Å². The molecule has 0 aliphatic rings. The molecule has 0 N–H and O–H groups in total. The normalized spacial score (nSPS) is 14.5. The van der Waals surface area contributed by atoms with Gasteiger partial charge in [0, 0.05) is 13.0 Å². The minimum atomic E-state index is -7.36. The lowest BCUT2D eigenvalue weighted by Crippen LogP contribution is -2.66. The molecule has 0 aromatic heterocycles. The minimum Gasteiger partial charge on any atom is -0.499 e. The van der Waals surface area contributed by atoms with Crippen LogP contribution in [0.3, 0.4) is 0 Å². The Morgan fingerprint density at radius 2 is 1.20 bits per heavy atom. The first-order valence-electron chi connectivity index (χ1n) is 6.44. The molecule has 0 fully saturated rings. The van der Waals surface area contributed by atoms with Crippen molar-refractivity contribution in [2.75, 3.05) is 19.8 Å². The summed E-state index contributed by atoms with van der Waals surface area (Å²) in [6.07, 6.45) is -9.26. The lowest BCUT2D eigenvalue weighted by Gasteiger charge is -2.37. The molecule has 0 bridgehead atoms. The summed E-state index contributed by atoms with van der Waals surface area (Å²) in [4.78, 5) is 0. The second-order valence-corrected chi connectivity index (χ2v) is 4.68. The van der Waals surface area contributed by atoms with Crippen molar-refractivity contribution in [1.29, 1.82) is 0 Å². The minimum absolute atomic E-state index is 0.0913. The summed E-state index contributed by atoms with van der Waals surface area (Å²) < 4.78 is 148. The van der Waals surface area contributed by atoms with Gasteiger partial charge >= 0.3 is 29.9 Å². The van der Waals surface area contributed by atoms with Crippen LogP contribution in [0.2, 0.25) is 0 Å². The molecular formula is C12H13F11O2. The van der Waals surface area contributed by atoms with Gasteiger partial charge in [0.1, 0.15) is 6.61 Å². The first-order chi connectivity index (χ1) is 11.1. The van der Waals surface area contributed by atoms with E-state index in [0.29, 0.717) is 0 Å². The predicted molar refractivity (Wildman–Crippen MR) is 62.0 cm³/mol. The van der Waals surface area contributed by atoms with Crippen molar-refractivity contribution in [3.8, 4) is 0 Å². The van der Waals surface area contributed by atoms with Gasteiger partial charge < -0.3 is 9.47 Å². The molecule has 0 saturated heterocycles. The van der Waals surface area contributed by atoms with Crippen molar-refractivity contribution in [2.45, 2.75) is 42.7 Å². The van der Waals surface area contributed by atoms with Crippen LogP contribution in [0.4, 0.5) is 48.3 Å². The highest BCUT2D eigenvalue weighted by Gasteiger charge is 2.86. The topological polar surface area (TPSA) is 18.5 Å². The Balaban J connectivity index is 4.99. The molecule has 0 aromatic carbocycles. The SMILES string of the molecule is C=COCCOCCCC(F)(F)C(F)(F)C(F)(F)C(F)(F)C(F)(F)F. The molecule has 0 heterocycles.